The van der Waals surface area contributed by atoms with Crippen LogP contribution in [-0.4, -0.2) is 41.1 Å². The number of sulfonamides is 1. The minimum Gasteiger partial charge on any atom is -0.497 e. The third-order valence-electron chi connectivity index (χ3n) is 4.94. The second kappa shape index (κ2) is 9.84. The maximum Gasteiger partial charge on any atom is 0.264 e. The molecule has 7 nitrogen and oxygen atoms in total. The third kappa shape index (κ3) is 5.44. The first-order chi connectivity index (χ1) is 14.1. The zero-order chi connectivity index (χ0) is 22.5. The number of methoxy groups -OCH3 is 2. The van der Waals surface area contributed by atoms with E-state index in [0.29, 0.717) is 11.5 Å². The zero-order valence-corrected chi connectivity index (χ0v) is 19.1. The van der Waals surface area contributed by atoms with Crippen LogP contribution >= 0.6 is 0 Å². The normalized spacial score (nSPS) is 12.4. The molecule has 2 rings (SSSR count). The zero-order valence-electron chi connectivity index (χ0n) is 18.3. The molecule has 0 saturated heterocycles. The number of rotatable bonds is 9. The Morgan fingerprint density at radius 2 is 1.67 bits per heavy atom. The fourth-order valence-electron chi connectivity index (χ4n) is 2.73. The highest BCUT2D eigenvalue weighted by Crippen LogP contribution is 2.35. The minimum absolute atomic E-state index is 0.0858. The summed E-state index contributed by atoms with van der Waals surface area (Å²) >= 11 is 0. The van der Waals surface area contributed by atoms with E-state index >= 15 is 0 Å². The Morgan fingerprint density at radius 3 is 2.20 bits per heavy atom. The Hall–Kier alpha value is -2.74. The first-order valence-electron chi connectivity index (χ1n) is 9.71. The van der Waals surface area contributed by atoms with E-state index in [1.807, 2.05) is 27.7 Å². The third-order valence-corrected chi connectivity index (χ3v) is 6.71. The van der Waals surface area contributed by atoms with Gasteiger partial charge in [-0.05, 0) is 44.0 Å². The summed E-state index contributed by atoms with van der Waals surface area (Å²) in [4.78, 5) is 12.8. The number of nitrogens with zero attached hydrogens (tertiary/aromatic N) is 1. The summed E-state index contributed by atoms with van der Waals surface area (Å²) in [7, 11) is -1.11. The molecule has 2 aromatic carbocycles. The lowest BCUT2D eigenvalue weighted by Gasteiger charge is -2.27. The van der Waals surface area contributed by atoms with Gasteiger partial charge in [-0.25, -0.2) is 8.42 Å². The molecule has 2 aromatic rings. The van der Waals surface area contributed by atoms with Crippen molar-refractivity contribution in [1.29, 1.82) is 0 Å². The average Bonchev–Trinajstić information content (AvgIpc) is 2.71. The fourth-order valence-corrected chi connectivity index (χ4v) is 4.15. The molecule has 1 amide bonds. The molecule has 0 aliphatic carbocycles. The van der Waals surface area contributed by atoms with Crippen molar-refractivity contribution in [2.45, 2.75) is 38.6 Å². The predicted molar refractivity (Wildman–Crippen MR) is 118 cm³/mol. The molecule has 0 fully saturated rings. The number of ether oxygens (including phenoxy) is 2. The Morgan fingerprint density at radius 1 is 1.03 bits per heavy atom. The highest BCUT2D eigenvalue weighted by molar-refractivity contribution is 7.92. The quantitative estimate of drug-likeness (QED) is 0.654. The van der Waals surface area contributed by atoms with Crippen LogP contribution in [0, 0.1) is 12.8 Å². The number of hydrogen-bond donors (Lipinski definition) is 1. The predicted octanol–water partition coefficient (Wildman–Crippen LogP) is 3.37. The molecule has 1 N–H and O–H groups in total. The Kier molecular flexibility index (Phi) is 7.72. The number of aryl methyl sites for hydroxylation is 1. The molecule has 0 aliphatic rings. The Balaban J connectivity index is 2.55. The van der Waals surface area contributed by atoms with Crippen LogP contribution in [0.2, 0.25) is 0 Å². The number of benzene rings is 2. The van der Waals surface area contributed by atoms with E-state index < -0.39 is 22.5 Å². The lowest BCUT2D eigenvalue weighted by atomic mass is 10.1. The number of amides is 1. The van der Waals surface area contributed by atoms with Gasteiger partial charge in [-0.2, -0.15) is 0 Å². The molecule has 0 spiro atoms. The van der Waals surface area contributed by atoms with Gasteiger partial charge in [-0.15, -0.1) is 0 Å². The van der Waals surface area contributed by atoms with Gasteiger partial charge in [0.25, 0.3) is 10.0 Å². The van der Waals surface area contributed by atoms with Crippen molar-refractivity contribution in [2.24, 2.45) is 5.92 Å². The molecule has 164 valence electrons. The summed E-state index contributed by atoms with van der Waals surface area (Å²) in [5.41, 5.74) is 1.16. The summed E-state index contributed by atoms with van der Waals surface area (Å²) in [5.74, 6) is 0.571. The van der Waals surface area contributed by atoms with Crippen LogP contribution in [0.1, 0.15) is 26.3 Å². The van der Waals surface area contributed by atoms with Gasteiger partial charge >= 0.3 is 0 Å². The summed E-state index contributed by atoms with van der Waals surface area (Å²) in [6.45, 7) is 7.33. The number of anilines is 1. The number of nitrogens with one attached hydrogen (secondary N) is 1. The van der Waals surface area contributed by atoms with E-state index in [-0.39, 0.29) is 22.5 Å². The van der Waals surface area contributed by atoms with Crippen LogP contribution in [0.5, 0.6) is 11.5 Å². The Labute approximate surface area is 179 Å². The molecule has 1 atom stereocenters. The van der Waals surface area contributed by atoms with E-state index in [9.17, 15) is 13.2 Å². The van der Waals surface area contributed by atoms with Crippen LogP contribution in [0.25, 0.3) is 0 Å². The summed E-state index contributed by atoms with van der Waals surface area (Å²) in [6.07, 6.45) is 0. The first kappa shape index (κ1) is 23.5. The SMILES string of the molecule is COc1ccc(OC)c(N(CC(=O)N[C@H](C)C(C)C)S(=O)(=O)c2ccc(C)cc2)c1. The van der Waals surface area contributed by atoms with E-state index in [0.717, 1.165) is 9.87 Å². The molecule has 0 bridgehead atoms. The average molecular weight is 435 g/mol. The van der Waals surface area contributed by atoms with Crippen LogP contribution in [0.3, 0.4) is 0 Å². The van der Waals surface area contributed by atoms with Crippen LogP contribution in [-0.2, 0) is 14.8 Å². The number of hydrogen-bond acceptors (Lipinski definition) is 5. The summed E-state index contributed by atoms with van der Waals surface area (Å²) < 4.78 is 38.7. The highest BCUT2D eigenvalue weighted by Gasteiger charge is 2.30. The highest BCUT2D eigenvalue weighted by atomic mass is 32.2. The summed E-state index contributed by atoms with van der Waals surface area (Å²) in [5, 5.41) is 2.86. The standard InChI is InChI=1S/C22H30N2O5S/c1-15(2)17(4)23-22(25)14-24(20-13-18(28-5)9-12-21(20)29-6)30(26,27)19-10-7-16(3)8-11-19/h7-13,15,17H,14H2,1-6H3,(H,23,25)/t17-/m1/s1. The van der Waals surface area contributed by atoms with Crippen molar-refractivity contribution in [1.82, 2.24) is 5.32 Å². The minimum atomic E-state index is -4.04. The molecule has 0 saturated carbocycles. The van der Waals surface area contributed by atoms with Gasteiger partial charge in [0.05, 0.1) is 24.8 Å². The maximum absolute atomic E-state index is 13.5. The summed E-state index contributed by atoms with van der Waals surface area (Å²) in [6, 6.07) is 11.2. The molecule has 30 heavy (non-hydrogen) atoms. The molecular weight excluding hydrogens is 404 g/mol. The lowest BCUT2D eigenvalue weighted by Crippen LogP contribution is -2.45. The van der Waals surface area contributed by atoms with Crippen molar-refractivity contribution in [3.8, 4) is 11.5 Å². The van der Waals surface area contributed by atoms with Crippen molar-refractivity contribution in [3.63, 3.8) is 0 Å². The topological polar surface area (TPSA) is 84.9 Å². The Bertz CT molecular complexity index is 972. The van der Waals surface area contributed by atoms with Crippen LogP contribution in [0.15, 0.2) is 47.4 Å². The molecule has 0 radical (unpaired) electrons. The van der Waals surface area contributed by atoms with Crippen molar-refractivity contribution < 1.29 is 22.7 Å². The van der Waals surface area contributed by atoms with E-state index in [2.05, 4.69) is 5.32 Å². The first-order valence-corrected chi connectivity index (χ1v) is 11.1. The van der Waals surface area contributed by atoms with Crippen molar-refractivity contribution >= 4 is 21.6 Å². The molecule has 0 aliphatic heterocycles. The van der Waals surface area contributed by atoms with Gasteiger partial charge in [0.2, 0.25) is 5.91 Å². The van der Waals surface area contributed by atoms with E-state index in [1.165, 1.54) is 26.4 Å². The molecule has 0 unspecified atom stereocenters. The van der Waals surface area contributed by atoms with Crippen molar-refractivity contribution in [3.05, 3.63) is 48.0 Å². The van der Waals surface area contributed by atoms with E-state index in [1.54, 1.807) is 30.3 Å². The van der Waals surface area contributed by atoms with E-state index in [4.69, 9.17) is 9.47 Å². The second-order valence-corrected chi connectivity index (χ2v) is 9.33. The van der Waals surface area contributed by atoms with Crippen molar-refractivity contribution in [2.75, 3.05) is 25.1 Å². The second-order valence-electron chi connectivity index (χ2n) is 7.46. The molecular formula is C22H30N2O5S. The van der Waals surface area contributed by atoms with Gasteiger partial charge in [0.1, 0.15) is 18.0 Å². The smallest absolute Gasteiger partial charge is 0.264 e. The maximum atomic E-state index is 13.5. The number of carbonyl (C=O) groups excluding carboxylic acids is 1. The van der Waals surface area contributed by atoms with Gasteiger partial charge in [-0.3, -0.25) is 9.10 Å². The van der Waals surface area contributed by atoms with Gasteiger partial charge < -0.3 is 14.8 Å². The largest absolute Gasteiger partial charge is 0.497 e. The monoisotopic (exact) mass is 434 g/mol. The van der Waals surface area contributed by atoms with Crippen LogP contribution in [0.4, 0.5) is 5.69 Å². The van der Waals surface area contributed by atoms with Gasteiger partial charge in [0.15, 0.2) is 0 Å². The van der Waals surface area contributed by atoms with Gasteiger partial charge in [0, 0.05) is 12.1 Å². The molecule has 0 heterocycles. The van der Waals surface area contributed by atoms with Gasteiger partial charge in [-0.1, -0.05) is 31.5 Å². The number of carbonyl (C=O) groups is 1. The molecule has 0 aromatic heterocycles. The lowest BCUT2D eigenvalue weighted by molar-refractivity contribution is -0.120. The van der Waals surface area contributed by atoms with Crippen LogP contribution < -0.4 is 19.1 Å². The fraction of sp³-hybridized carbons (Fsp3) is 0.409. The molecule has 8 heteroatoms.